The smallest absolute Gasteiger partial charge is 0.273 e. The number of imide groups is 1. The van der Waals surface area contributed by atoms with Crippen LogP contribution in [0.2, 0.25) is 0 Å². The molecule has 0 aliphatic carbocycles. The molecular weight excluding hydrogens is 516 g/mol. The van der Waals surface area contributed by atoms with Crippen molar-refractivity contribution in [1.29, 1.82) is 0 Å². The molecule has 9 heteroatoms. The first kappa shape index (κ1) is 26.8. The molecule has 4 heterocycles. The Hall–Kier alpha value is -4.40. The van der Waals surface area contributed by atoms with Gasteiger partial charge in [0.15, 0.2) is 0 Å². The van der Waals surface area contributed by atoms with E-state index in [2.05, 4.69) is 17.4 Å². The van der Waals surface area contributed by atoms with Crippen LogP contribution in [0.1, 0.15) is 78.5 Å². The highest BCUT2D eigenvalue weighted by Gasteiger charge is 2.39. The van der Waals surface area contributed by atoms with Gasteiger partial charge >= 0.3 is 0 Å². The quantitative estimate of drug-likeness (QED) is 0.193. The van der Waals surface area contributed by atoms with Crippen LogP contribution in [0.4, 0.5) is 0 Å². The molecule has 0 radical (unpaired) electrons. The maximum absolute atomic E-state index is 13.0. The topological polar surface area (TPSA) is 101 Å². The first-order valence-corrected chi connectivity index (χ1v) is 14.5. The molecule has 4 aromatic rings. The number of hydrazine groups is 1. The van der Waals surface area contributed by atoms with E-state index < -0.39 is 0 Å². The third-order valence-corrected chi connectivity index (χ3v) is 7.96. The van der Waals surface area contributed by atoms with Gasteiger partial charge in [0.25, 0.3) is 5.91 Å². The van der Waals surface area contributed by atoms with Crippen molar-refractivity contribution in [3.63, 3.8) is 0 Å². The second-order valence-corrected chi connectivity index (χ2v) is 11.0. The van der Waals surface area contributed by atoms with Crippen LogP contribution in [0.5, 0.6) is 0 Å². The average Bonchev–Trinajstić information content (AvgIpc) is 3.56. The predicted molar refractivity (Wildman–Crippen MR) is 154 cm³/mol. The third-order valence-electron chi connectivity index (χ3n) is 7.96. The number of para-hydroxylation sites is 2. The first-order valence-electron chi connectivity index (χ1n) is 14.5. The van der Waals surface area contributed by atoms with Crippen molar-refractivity contribution in [3.8, 4) is 11.3 Å². The van der Waals surface area contributed by atoms with E-state index in [-0.39, 0.29) is 24.3 Å². The normalized spacial score (nSPS) is 15.3. The lowest BCUT2D eigenvalue weighted by molar-refractivity contribution is -0.163. The molecule has 2 aliphatic heterocycles. The molecule has 6 rings (SSSR count). The zero-order valence-electron chi connectivity index (χ0n) is 23.4. The minimum atomic E-state index is -0.287. The van der Waals surface area contributed by atoms with Gasteiger partial charge in [0.1, 0.15) is 0 Å². The Bertz CT molecular complexity index is 1610. The molecule has 0 bridgehead atoms. The van der Waals surface area contributed by atoms with Crippen molar-refractivity contribution in [3.05, 3.63) is 77.2 Å². The summed E-state index contributed by atoms with van der Waals surface area (Å²) >= 11 is 0. The minimum Gasteiger partial charge on any atom is -0.273 e. The van der Waals surface area contributed by atoms with E-state index >= 15 is 0 Å². The first-order chi connectivity index (χ1) is 20.0. The van der Waals surface area contributed by atoms with Gasteiger partial charge in [-0.25, -0.2) is 15.0 Å². The van der Waals surface area contributed by atoms with Crippen molar-refractivity contribution < 1.29 is 14.4 Å². The van der Waals surface area contributed by atoms with Crippen LogP contribution in [0, 0.1) is 6.92 Å². The van der Waals surface area contributed by atoms with Crippen LogP contribution in [-0.2, 0) is 29.1 Å². The molecule has 2 aliphatic rings. The predicted octanol–water partition coefficient (Wildman–Crippen LogP) is 5.40. The molecule has 2 aromatic carbocycles. The summed E-state index contributed by atoms with van der Waals surface area (Å²) in [6, 6.07) is 13.9. The van der Waals surface area contributed by atoms with Gasteiger partial charge in [0, 0.05) is 36.7 Å². The van der Waals surface area contributed by atoms with Crippen molar-refractivity contribution in [2.75, 3.05) is 0 Å². The number of amides is 3. The van der Waals surface area contributed by atoms with Crippen LogP contribution in [0.15, 0.2) is 54.9 Å². The monoisotopic (exact) mass is 550 g/mol. The van der Waals surface area contributed by atoms with Gasteiger partial charge in [0.2, 0.25) is 11.8 Å². The summed E-state index contributed by atoms with van der Waals surface area (Å²) in [6.45, 7) is 3.13. The Balaban J connectivity index is 0.944. The second-order valence-electron chi connectivity index (χ2n) is 11.0. The highest BCUT2D eigenvalue weighted by atomic mass is 16.2. The molecule has 0 N–H and O–H groups in total. The maximum Gasteiger partial charge on any atom is 0.273 e. The second kappa shape index (κ2) is 11.6. The molecule has 9 nitrogen and oxygen atoms in total. The van der Waals surface area contributed by atoms with E-state index in [0.29, 0.717) is 24.8 Å². The third kappa shape index (κ3) is 5.62. The number of carbonyl (C=O) groups excluding carboxylic acids is 3. The van der Waals surface area contributed by atoms with Crippen LogP contribution >= 0.6 is 0 Å². The molecule has 41 heavy (non-hydrogen) atoms. The number of nitrogens with zero attached hydrogens (tertiary/aromatic N) is 6. The van der Waals surface area contributed by atoms with E-state index in [1.54, 1.807) is 0 Å². The number of benzene rings is 2. The molecule has 1 saturated heterocycles. The number of unbranched alkanes of at least 4 members (excludes halogenated alkanes) is 4. The van der Waals surface area contributed by atoms with Crippen molar-refractivity contribution in [2.24, 2.45) is 0 Å². The zero-order valence-corrected chi connectivity index (χ0v) is 23.4. The van der Waals surface area contributed by atoms with Crippen LogP contribution in [0.25, 0.3) is 22.3 Å². The highest BCUT2D eigenvalue weighted by Crippen LogP contribution is 2.28. The Morgan fingerprint density at radius 1 is 0.854 bits per heavy atom. The number of carbonyl (C=O) groups is 3. The van der Waals surface area contributed by atoms with Gasteiger partial charge in [-0.3, -0.25) is 19.1 Å². The molecule has 1 fully saturated rings. The fourth-order valence-corrected chi connectivity index (χ4v) is 5.76. The van der Waals surface area contributed by atoms with Crippen molar-refractivity contribution in [2.45, 2.75) is 77.8 Å². The number of rotatable bonds is 10. The summed E-state index contributed by atoms with van der Waals surface area (Å²) in [5.41, 5.74) is 7.16. The van der Waals surface area contributed by atoms with E-state index in [9.17, 15) is 14.4 Å². The van der Waals surface area contributed by atoms with E-state index in [1.807, 2.05) is 54.2 Å². The summed E-state index contributed by atoms with van der Waals surface area (Å²) in [7, 11) is 0. The summed E-state index contributed by atoms with van der Waals surface area (Å²) < 4.78 is 1.99. The largest absolute Gasteiger partial charge is 0.273 e. The highest BCUT2D eigenvalue weighted by molar-refractivity contribution is 6.04. The zero-order chi connectivity index (χ0) is 28.3. The van der Waals surface area contributed by atoms with Crippen LogP contribution in [0.3, 0.4) is 0 Å². The van der Waals surface area contributed by atoms with Gasteiger partial charge in [-0.05, 0) is 61.9 Å². The number of hydrogen-bond acceptors (Lipinski definition) is 6. The molecule has 0 saturated carbocycles. The Morgan fingerprint density at radius 3 is 2.39 bits per heavy atom. The minimum absolute atomic E-state index is 0.255. The summed E-state index contributed by atoms with van der Waals surface area (Å²) in [6.07, 6.45) is 11.5. The van der Waals surface area contributed by atoms with Crippen LogP contribution < -0.4 is 0 Å². The SMILES string of the molecule is Cc1nc2ccccc2nc1-c1cnn(CCCCCCCc2ccc3c(c2)C(=O)N(N2C(=O)CCCC2=O)C3)c1. The fraction of sp³-hybridized carbons (Fsp3) is 0.375. The maximum atomic E-state index is 13.0. The summed E-state index contributed by atoms with van der Waals surface area (Å²) in [5, 5.41) is 6.92. The number of hydrogen-bond donors (Lipinski definition) is 0. The van der Waals surface area contributed by atoms with Gasteiger partial charge in [-0.1, -0.05) is 43.5 Å². The summed E-state index contributed by atoms with van der Waals surface area (Å²) in [5.74, 6) is -0.829. The van der Waals surface area contributed by atoms with Crippen molar-refractivity contribution >= 4 is 28.8 Å². The molecule has 2 aromatic heterocycles. The number of aromatic nitrogens is 4. The Labute approximate surface area is 239 Å². The lowest BCUT2D eigenvalue weighted by Crippen LogP contribution is -2.51. The Morgan fingerprint density at radius 2 is 1.59 bits per heavy atom. The average molecular weight is 551 g/mol. The fourth-order valence-electron chi connectivity index (χ4n) is 5.76. The lowest BCUT2D eigenvalue weighted by atomic mass is 10.0. The number of piperidine rings is 1. The van der Waals surface area contributed by atoms with Crippen LogP contribution in [-0.4, -0.2) is 47.5 Å². The molecule has 3 amide bonds. The van der Waals surface area contributed by atoms with E-state index in [4.69, 9.17) is 9.97 Å². The Kier molecular flexibility index (Phi) is 7.59. The molecular formula is C32H34N6O3. The number of aryl methyl sites for hydroxylation is 3. The molecule has 210 valence electrons. The molecule has 0 spiro atoms. The van der Waals surface area contributed by atoms with E-state index in [1.165, 1.54) is 5.01 Å². The molecule has 0 unspecified atom stereocenters. The van der Waals surface area contributed by atoms with E-state index in [0.717, 1.165) is 89.2 Å². The standard InChI is InChI=1S/C32H34N6O3/c1-22-31(35-28-12-7-6-11-27(28)34-22)25-19-33-36(20-25)17-8-4-2-3-5-10-23-15-16-24-21-37(32(41)26(24)18-23)38-29(39)13-9-14-30(38)40/h6-7,11-12,15-16,18-20H,2-5,8-10,13-14,17,21H2,1H3. The van der Waals surface area contributed by atoms with Gasteiger partial charge in [-0.15, -0.1) is 0 Å². The molecule has 0 atom stereocenters. The van der Waals surface area contributed by atoms with Crippen molar-refractivity contribution in [1.82, 2.24) is 29.8 Å². The lowest BCUT2D eigenvalue weighted by Gasteiger charge is -2.32. The summed E-state index contributed by atoms with van der Waals surface area (Å²) in [4.78, 5) is 47.1. The van der Waals surface area contributed by atoms with Gasteiger partial charge in [-0.2, -0.15) is 10.1 Å². The van der Waals surface area contributed by atoms with Gasteiger partial charge in [0.05, 0.1) is 35.2 Å². The number of fused-ring (bicyclic) bond motifs is 2. The van der Waals surface area contributed by atoms with Gasteiger partial charge < -0.3 is 0 Å².